The van der Waals surface area contributed by atoms with Gasteiger partial charge < -0.3 is 9.47 Å². The van der Waals surface area contributed by atoms with Crippen LogP contribution in [0.3, 0.4) is 0 Å². The summed E-state index contributed by atoms with van der Waals surface area (Å²) in [4.78, 5) is -0.844. The average molecular weight is 394 g/mol. The van der Waals surface area contributed by atoms with Gasteiger partial charge in [0, 0.05) is 6.07 Å². The Morgan fingerprint density at radius 3 is 1.63 bits per heavy atom. The lowest BCUT2D eigenvalue weighted by atomic mass is 10.3. The number of hydrogen-bond acceptors (Lipinski definition) is 4. The monoisotopic (exact) mass is 394 g/mol. The van der Waals surface area contributed by atoms with Crippen molar-refractivity contribution >= 4 is 9.84 Å². The molecule has 0 N–H and O–H groups in total. The Morgan fingerprint density at radius 1 is 0.630 bits per heavy atom. The average Bonchev–Trinajstić information content (AvgIpc) is 2.62. The molecule has 3 aromatic rings. The Labute approximate surface area is 153 Å². The molecule has 0 amide bonds. The van der Waals surface area contributed by atoms with E-state index in [1.54, 1.807) is 36.4 Å². The van der Waals surface area contributed by atoms with Gasteiger partial charge in [-0.3, -0.25) is 0 Å². The minimum absolute atomic E-state index is 0.188. The van der Waals surface area contributed by atoms with Crippen molar-refractivity contribution in [2.75, 3.05) is 0 Å². The highest BCUT2D eigenvalue weighted by atomic mass is 32.2. The number of ether oxygens (including phenoxy) is 2. The quantitative estimate of drug-likeness (QED) is 0.568. The summed E-state index contributed by atoms with van der Waals surface area (Å²) in [5.41, 5.74) is -5.35. The van der Waals surface area contributed by atoms with Crippen LogP contribution in [0.4, 0.5) is 13.2 Å². The van der Waals surface area contributed by atoms with Crippen molar-refractivity contribution in [2.45, 2.75) is 10.4 Å². The third kappa shape index (κ3) is 4.40. The van der Waals surface area contributed by atoms with Crippen LogP contribution in [0.15, 0.2) is 83.8 Å². The number of sulfone groups is 1. The van der Waals surface area contributed by atoms with E-state index < -0.39 is 20.2 Å². The summed E-state index contributed by atoms with van der Waals surface area (Å²) in [6.45, 7) is 0. The second-order valence-electron chi connectivity index (χ2n) is 5.41. The lowest BCUT2D eigenvalue weighted by Gasteiger charge is -2.11. The summed E-state index contributed by atoms with van der Waals surface area (Å²) < 4.78 is 71.6. The van der Waals surface area contributed by atoms with Gasteiger partial charge in [-0.05, 0) is 48.5 Å². The van der Waals surface area contributed by atoms with Crippen LogP contribution >= 0.6 is 0 Å². The molecule has 4 nitrogen and oxygen atoms in total. The Hall–Kier alpha value is -3.00. The molecular weight excluding hydrogens is 381 g/mol. The standard InChI is InChI=1S/C19H13F3O4S/c20-19(21,22)27(23,24)18-11-9-15(10-12-18)26-17-8-4-7-16(13-17)25-14-5-2-1-3-6-14/h1-13H. The van der Waals surface area contributed by atoms with Gasteiger partial charge in [0.1, 0.15) is 23.0 Å². The van der Waals surface area contributed by atoms with E-state index in [0.717, 1.165) is 24.3 Å². The lowest BCUT2D eigenvalue weighted by molar-refractivity contribution is -0.0436. The van der Waals surface area contributed by atoms with Crippen LogP contribution in [-0.2, 0) is 9.84 Å². The maximum Gasteiger partial charge on any atom is 0.501 e. The molecule has 0 aromatic heterocycles. The predicted octanol–water partition coefficient (Wildman–Crippen LogP) is 5.56. The second kappa shape index (κ2) is 7.32. The molecule has 0 unspecified atom stereocenters. The highest BCUT2D eigenvalue weighted by Crippen LogP contribution is 2.32. The van der Waals surface area contributed by atoms with Crippen LogP contribution in [0, 0.1) is 0 Å². The molecule has 0 heterocycles. The molecule has 140 valence electrons. The molecule has 27 heavy (non-hydrogen) atoms. The second-order valence-corrected chi connectivity index (χ2v) is 7.35. The van der Waals surface area contributed by atoms with Crippen molar-refractivity contribution in [2.24, 2.45) is 0 Å². The molecule has 0 fully saturated rings. The molecule has 8 heteroatoms. The smallest absolute Gasteiger partial charge is 0.457 e. The van der Waals surface area contributed by atoms with Gasteiger partial charge in [-0.15, -0.1) is 0 Å². The highest BCUT2D eigenvalue weighted by molar-refractivity contribution is 7.92. The van der Waals surface area contributed by atoms with Crippen molar-refractivity contribution in [3.8, 4) is 23.0 Å². The van der Waals surface area contributed by atoms with E-state index in [0.29, 0.717) is 17.2 Å². The van der Waals surface area contributed by atoms with Crippen LogP contribution in [0.1, 0.15) is 0 Å². The van der Waals surface area contributed by atoms with Gasteiger partial charge >= 0.3 is 5.51 Å². The first-order valence-corrected chi connectivity index (χ1v) is 9.16. The largest absolute Gasteiger partial charge is 0.501 e. The van der Waals surface area contributed by atoms with Gasteiger partial charge in [0.05, 0.1) is 4.90 Å². The number of halogens is 3. The van der Waals surface area contributed by atoms with Crippen molar-refractivity contribution in [1.29, 1.82) is 0 Å². The van der Waals surface area contributed by atoms with Crippen LogP contribution in [0.2, 0.25) is 0 Å². The minimum atomic E-state index is -5.38. The Bertz CT molecular complexity index is 1010. The van der Waals surface area contributed by atoms with E-state index in [1.807, 2.05) is 18.2 Å². The van der Waals surface area contributed by atoms with E-state index in [1.165, 1.54) is 0 Å². The summed E-state index contributed by atoms with van der Waals surface area (Å²) in [5, 5.41) is 0. The number of para-hydroxylation sites is 1. The Kier molecular flexibility index (Phi) is 5.09. The number of hydrogen-bond donors (Lipinski definition) is 0. The summed E-state index contributed by atoms with van der Waals surface area (Å²) >= 11 is 0. The van der Waals surface area contributed by atoms with Crippen LogP contribution in [-0.4, -0.2) is 13.9 Å². The molecule has 0 saturated heterocycles. The van der Waals surface area contributed by atoms with Crippen molar-refractivity contribution < 1.29 is 31.1 Å². The molecule has 3 rings (SSSR count). The molecule has 0 atom stereocenters. The van der Waals surface area contributed by atoms with Crippen molar-refractivity contribution in [3.63, 3.8) is 0 Å². The molecule has 0 bridgehead atoms. The first-order valence-electron chi connectivity index (χ1n) is 7.68. The lowest BCUT2D eigenvalue weighted by Crippen LogP contribution is -2.23. The summed E-state index contributed by atoms with van der Waals surface area (Å²) in [7, 11) is -5.38. The van der Waals surface area contributed by atoms with Crippen molar-refractivity contribution in [3.05, 3.63) is 78.9 Å². The number of rotatable bonds is 5. The van der Waals surface area contributed by atoms with Crippen molar-refractivity contribution in [1.82, 2.24) is 0 Å². The maximum atomic E-state index is 12.6. The molecule has 0 aliphatic carbocycles. The van der Waals surface area contributed by atoms with E-state index in [-0.39, 0.29) is 5.75 Å². The van der Waals surface area contributed by atoms with Gasteiger partial charge in [0.25, 0.3) is 9.84 Å². The van der Waals surface area contributed by atoms with Crippen LogP contribution in [0.5, 0.6) is 23.0 Å². The first kappa shape index (κ1) is 18.8. The fourth-order valence-corrected chi connectivity index (χ4v) is 2.94. The SMILES string of the molecule is O=S(=O)(c1ccc(Oc2cccc(Oc3ccccc3)c2)cc1)C(F)(F)F. The zero-order valence-corrected chi connectivity index (χ0v) is 14.5. The predicted molar refractivity (Wildman–Crippen MR) is 92.7 cm³/mol. The molecule has 0 spiro atoms. The number of benzene rings is 3. The topological polar surface area (TPSA) is 52.6 Å². The summed E-state index contributed by atoms with van der Waals surface area (Å²) in [5.74, 6) is 1.72. The van der Waals surface area contributed by atoms with Gasteiger partial charge in [-0.1, -0.05) is 24.3 Å². The van der Waals surface area contributed by atoms with Gasteiger partial charge in [0.15, 0.2) is 0 Å². The summed E-state index contributed by atoms with van der Waals surface area (Å²) in [6.07, 6.45) is 0. The molecule has 0 aliphatic heterocycles. The van der Waals surface area contributed by atoms with Crippen LogP contribution in [0.25, 0.3) is 0 Å². The van der Waals surface area contributed by atoms with E-state index in [2.05, 4.69) is 0 Å². The minimum Gasteiger partial charge on any atom is -0.457 e. The first-order chi connectivity index (χ1) is 12.8. The van der Waals surface area contributed by atoms with Crippen LogP contribution < -0.4 is 9.47 Å². The summed E-state index contributed by atoms with van der Waals surface area (Å²) in [6, 6.07) is 19.7. The molecule has 3 aromatic carbocycles. The van der Waals surface area contributed by atoms with Gasteiger partial charge in [0.2, 0.25) is 0 Å². The molecule has 0 saturated carbocycles. The maximum absolute atomic E-state index is 12.6. The third-order valence-corrected chi connectivity index (χ3v) is 4.96. The van der Waals surface area contributed by atoms with E-state index >= 15 is 0 Å². The zero-order valence-electron chi connectivity index (χ0n) is 13.7. The fourth-order valence-electron chi connectivity index (χ4n) is 2.18. The Morgan fingerprint density at radius 2 is 1.11 bits per heavy atom. The molecule has 0 aliphatic rings. The van der Waals surface area contributed by atoms with E-state index in [4.69, 9.17) is 9.47 Å². The fraction of sp³-hybridized carbons (Fsp3) is 0.0526. The van der Waals surface area contributed by atoms with Gasteiger partial charge in [-0.25, -0.2) is 8.42 Å². The van der Waals surface area contributed by atoms with E-state index in [9.17, 15) is 21.6 Å². The molecule has 0 radical (unpaired) electrons. The number of alkyl halides is 3. The zero-order chi connectivity index (χ0) is 19.5. The third-order valence-electron chi connectivity index (χ3n) is 3.46. The highest BCUT2D eigenvalue weighted by Gasteiger charge is 2.46. The van der Waals surface area contributed by atoms with Gasteiger partial charge in [-0.2, -0.15) is 13.2 Å². The normalized spacial score (nSPS) is 11.8. The Balaban J connectivity index is 1.75. The molecular formula is C19H13F3O4S.